The van der Waals surface area contributed by atoms with E-state index in [1.54, 1.807) is 18.6 Å². The van der Waals surface area contributed by atoms with Crippen molar-refractivity contribution in [2.45, 2.75) is 19.4 Å². The average Bonchev–Trinajstić information content (AvgIpc) is 2.15. The van der Waals surface area contributed by atoms with E-state index in [0.29, 0.717) is 0 Å². The van der Waals surface area contributed by atoms with E-state index in [0.717, 1.165) is 17.7 Å². The quantitative estimate of drug-likeness (QED) is 0.711. The van der Waals surface area contributed by atoms with Crippen molar-refractivity contribution in [1.82, 2.24) is 15.3 Å². The lowest BCUT2D eigenvalue weighted by molar-refractivity contribution is 0.571. The molecule has 1 N–H and O–H groups in total. The Morgan fingerprint density at radius 1 is 1.62 bits per heavy atom. The number of hydrogen-bond acceptors (Lipinski definition) is 3. The molecule has 3 heteroatoms. The van der Waals surface area contributed by atoms with Crippen LogP contribution in [0.15, 0.2) is 30.7 Å². The second-order valence-corrected chi connectivity index (χ2v) is 3.13. The van der Waals surface area contributed by atoms with E-state index in [-0.39, 0.29) is 6.04 Å². The highest BCUT2D eigenvalue weighted by molar-refractivity contribution is 5.06. The normalized spacial score (nSPS) is 12.5. The molecule has 0 spiro atoms. The van der Waals surface area contributed by atoms with Crippen LogP contribution in [0.1, 0.15) is 25.1 Å². The van der Waals surface area contributed by atoms with Crippen molar-refractivity contribution in [2.24, 2.45) is 0 Å². The summed E-state index contributed by atoms with van der Waals surface area (Å²) in [6, 6.07) is 0.228. The molecular weight excluding hydrogens is 162 g/mol. The van der Waals surface area contributed by atoms with Gasteiger partial charge in [0.15, 0.2) is 0 Å². The highest BCUT2D eigenvalue weighted by atomic mass is 14.9. The van der Waals surface area contributed by atoms with Crippen molar-refractivity contribution in [3.63, 3.8) is 0 Å². The summed E-state index contributed by atoms with van der Waals surface area (Å²) in [5.41, 5.74) is 2.11. The summed E-state index contributed by atoms with van der Waals surface area (Å²) in [7, 11) is 1.92. The number of hydrogen-bond donors (Lipinski definition) is 1. The van der Waals surface area contributed by atoms with E-state index < -0.39 is 0 Å². The van der Waals surface area contributed by atoms with Gasteiger partial charge in [0, 0.05) is 18.6 Å². The molecule has 0 amide bonds. The Kier molecular flexibility index (Phi) is 3.58. The molecule has 0 bridgehead atoms. The van der Waals surface area contributed by atoms with Crippen molar-refractivity contribution in [3.8, 4) is 0 Å². The Hall–Kier alpha value is -1.22. The van der Waals surface area contributed by atoms with Crippen molar-refractivity contribution >= 4 is 0 Å². The Morgan fingerprint density at radius 2 is 2.38 bits per heavy atom. The number of rotatable bonds is 4. The second kappa shape index (κ2) is 4.72. The average molecular weight is 177 g/mol. The molecule has 1 heterocycles. The summed E-state index contributed by atoms with van der Waals surface area (Å²) in [6.07, 6.45) is 6.06. The van der Waals surface area contributed by atoms with Gasteiger partial charge in [0.05, 0.1) is 11.7 Å². The van der Waals surface area contributed by atoms with Crippen LogP contribution in [0.4, 0.5) is 0 Å². The van der Waals surface area contributed by atoms with Crippen LogP contribution in [0, 0.1) is 0 Å². The van der Waals surface area contributed by atoms with Crippen LogP contribution in [0.25, 0.3) is 0 Å². The lowest BCUT2D eigenvalue weighted by Gasteiger charge is -2.14. The van der Waals surface area contributed by atoms with E-state index >= 15 is 0 Å². The largest absolute Gasteiger partial charge is 0.311 e. The summed E-state index contributed by atoms with van der Waals surface area (Å²) in [5, 5.41) is 3.19. The first-order valence-electron chi connectivity index (χ1n) is 4.31. The van der Waals surface area contributed by atoms with E-state index in [1.807, 2.05) is 14.0 Å². The third-order valence-electron chi connectivity index (χ3n) is 1.84. The molecule has 1 aromatic rings. The SMILES string of the molecule is C=C(C)CC(NC)c1cnccn1. The van der Waals surface area contributed by atoms with Gasteiger partial charge in [-0.3, -0.25) is 9.97 Å². The molecule has 1 unspecified atom stereocenters. The first kappa shape index (κ1) is 9.86. The fourth-order valence-electron chi connectivity index (χ4n) is 1.19. The van der Waals surface area contributed by atoms with Gasteiger partial charge < -0.3 is 5.32 Å². The van der Waals surface area contributed by atoms with Crippen LogP contribution >= 0.6 is 0 Å². The van der Waals surface area contributed by atoms with Crippen molar-refractivity contribution in [1.29, 1.82) is 0 Å². The maximum Gasteiger partial charge on any atom is 0.0759 e. The molecule has 0 aliphatic rings. The molecule has 1 aromatic heterocycles. The molecule has 1 atom stereocenters. The van der Waals surface area contributed by atoms with E-state index in [2.05, 4.69) is 21.9 Å². The van der Waals surface area contributed by atoms with Crippen LogP contribution in [0.2, 0.25) is 0 Å². The molecule has 0 radical (unpaired) electrons. The Morgan fingerprint density at radius 3 is 2.85 bits per heavy atom. The van der Waals surface area contributed by atoms with Gasteiger partial charge in [-0.1, -0.05) is 5.57 Å². The van der Waals surface area contributed by atoms with Crippen LogP contribution in [-0.4, -0.2) is 17.0 Å². The van der Waals surface area contributed by atoms with Gasteiger partial charge in [0.25, 0.3) is 0 Å². The molecule has 3 nitrogen and oxygen atoms in total. The minimum absolute atomic E-state index is 0.228. The molecule has 1 rings (SSSR count). The summed E-state index contributed by atoms with van der Waals surface area (Å²) < 4.78 is 0. The van der Waals surface area contributed by atoms with Crippen molar-refractivity contribution in [2.75, 3.05) is 7.05 Å². The molecule has 0 fully saturated rings. The van der Waals surface area contributed by atoms with Gasteiger partial charge in [-0.15, -0.1) is 6.58 Å². The second-order valence-electron chi connectivity index (χ2n) is 3.13. The fourth-order valence-corrected chi connectivity index (χ4v) is 1.19. The van der Waals surface area contributed by atoms with Crippen molar-refractivity contribution in [3.05, 3.63) is 36.4 Å². The zero-order valence-corrected chi connectivity index (χ0v) is 8.12. The molecule has 0 aliphatic heterocycles. The predicted octanol–water partition coefficient (Wildman–Crippen LogP) is 1.70. The fraction of sp³-hybridized carbons (Fsp3) is 0.400. The minimum atomic E-state index is 0.228. The van der Waals surface area contributed by atoms with Crippen LogP contribution in [-0.2, 0) is 0 Å². The predicted molar refractivity (Wildman–Crippen MR) is 53.3 cm³/mol. The minimum Gasteiger partial charge on any atom is -0.311 e. The lowest BCUT2D eigenvalue weighted by Crippen LogP contribution is -2.17. The monoisotopic (exact) mass is 177 g/mol. The van der Waals surface area contributed by atoms with Crippen LogP contribution in [0.5, 0.6) is 0 Å². The Labute approximate surface area is 78.9 Å². The van der Waals surface area contributed by atoms with Crippen molar-refractivity contribution < 1.29 is 0 Å². The standard InChI is InChI=1S/C10H15N3/c1-8(2)6-9(11-3)10-7-12-4-5-13-10/h4-5,7,9,11H,1,6H2,2-3H3. The highest BCUT2D eigenvalue weighted by Crippen LogP contribution is 2.16. The first-order valence-corrected chi connectivity index (χ1v) is 4.31. The van der Waals surface area contributed by atoms with Gasteiger partial charge >= 0.3 is 0 Å². The number of nitrogens with one attached hydrogen (secondary N) is 1. The smallest absolute Gasteiger partial charge is 0.0759 e. The van der Waals surface area contributed by atoms with Gasteiger partial charge in [-0.25, -0.2) is 0 Å². The third kappa shape index (κ3) is 2.95. The molecule has 0 saturated heterocycles. The van der Waals surface area contributed by atoms with E-state index in [1.165, 1.54) is 0 Å². The Balaban J connectivity index is 2.73. The number of nitrogens with zero attached hydrogens (tertiary/aromatic N) is 2. The maximum absolute atomic E-state index is 4.24. The summed E-state index contributed by atoms with van der Waals surface area (Å²) in [4.78, 5) is 8.27. The molecule has 70 valence electrons. The number of aromatic nitrogens is 2. The van der Waals surface area contributed by atoms with Crippen LogP contribution in [0.3, 0.4) is 0 Å². The molecule has 0 aliphatic carbocycles. The zero-order chi connectivity index (χ0) is 9.68. The topological polar surface area (TPSA) is 37.8 Å². The summed E-state index contributed by atoms with van der Waals surface area (Å²) in [5.74, 6) is 0. The first-order chi connectivity index (χ1) is 6.24. The lowest BCUT2D eigenvalue weighted by atomic mass is 10.1. The van der Waals surface area contributed by atoms with E-state index in [9.17, 15) is 0 Å². The maximum atomic E-state index is 4.24. The van der Waals surface area contributed by atoms with Crippen LogP contribution < -0.4 is 5.32 Å². The third-order valence-corrected chi connectivity index (χ3v) is 1.84. The summed E-state index contributed by atoms with van der Waals surface area (Å²) in [6.45, 7) is 5.89. The van der Waals surface area contributed by atoms with Gasteiger partial charge in [0.2, 0.25) is 0 Å². The zero-order valence-electron chi connectivity index (χ0n) is 8.12. The van der Waals surface area contributed by atoms with Gasteiger partial charge in [-0.2, -0.15) is 0 Å². The highest BCUT2D eigenvalue weighted by Gasteiger charge is 2.09. The molecule has 0 saturated carbocycles. The van der Waals surface area contributed by atoms with Gasteiger partial charge in [-0.05, 0) is 20.4 Å². The van der Waals surface area contributed by atoms with E-state index in [4.69, 9.17) is 0 Å². The van der Waals surface area contributed by atoms with Gasteiger partial charge in [0.1, 0.15) is 0 Å². The molecule has 13 heavy (non-hydrogen) atoms. The summed E-state index contributed by atoms with van der Waals surface area (Å²) >= 11 is 0. The molecular formula is C10H15N3. The molecule has 0 aromatic carbocycles. The Bertz CT molecular complexity index is 269.